The Kier molecular flexibility index (Phi) is 5.77. The second-order valence-electron chi connectivity index (χ2n) is 7.23. The number of aromatic nitrogens is 1. The van der Waals surface area contributed by atoms with Crippen molar-refractivity contribution in [1.82, 2.24) is 20.5 Å². The molecule has 0 unspecified atom stereocenters. The van der Waals surface area contributed by atoms with Gasteiger partial charge < -0.3 is 10.2 Å². The van der Waals surface area contributed by atoms with E-state index in [0.717, 1.165) is 41.6 Å². The number of pyridine rings is 1. The van der Waals surface area contributed by atoms with Gasteiger partial charge in [0.2, 0.25) is 10.0 Å². The molecular formula is C21H24N4O3S. The van der Waals surface area contributed by atoms with Gasteiger partial charge in [0.15, 0.2) is 5.75 Å². The van der Waals surface area contributed by atoms with Gasteiger partial charge in [0, 0.05) is 35.9 Å². The maximum absolute atomic E-state index is 12.7. The van der Waals surface area contributed by atoms with Crippen molar-refractivity contribution in [3.8, 4) is 5.75 Å². The van der Waals surface area contributed by atoms with Gasteiger partial charge in [-0.1, -0.05) is 18.2 Å². The fourth-order valence-electron chi connectivity index (χ4n) is 3.37. The summed E-state index contributed by atoms with van der Waals surface area (Å²) in [6.45, 7) is 3.89. The summed E-state index contributed by atoms with van der Waals surface area (Å²) in [4.78, 5) is 9.60. The van der Waals surface area contributed by atoms with Crippen LogP contribution in [0, 0.1) is 0 Å². The van der Waals surface area contributed by atoms with E-state index in [1.54, 1.807) is 36.7 Å². The number of fused-ring (bicyclic) bond motifs is 2. The predicted molar refractivity (Wildman–Crippen MR) is 112 cm³/mol. The molecular weight excluding hydrogens is 388 g/mol. The number of benzene rings is 2. The fraction of sp³-hybridized carbons (Fsp3) is 0.286. The Labute approximate surface area is 170 Å². The third-order valence-electron chi connectivity index (χ3n) is 4.89. The largest absolute Gasteiger partial charge is 0.408 e. The molecule has 0 saturated heterocycles. The molecule has 8 heteroatoms. The van der Waals surface area contributed by atoms with Crippen LogP contribution in [-0.4, -0.2) is 32.5 Å². The highest BCUT2D eigenvalue weighted by molar-refractivity contribution is 7.89. The van der Waals surface area contributed by atoms with Crippen LogP contribution in [-0.2, 0) is 23.0 Å². The highest BCUT2D eigenvalue weighted by atomic mass is 32.2. The lowest BCUT2D eigenvalue weighted by Gasteiger charge is -2.15. The van der Waals surface area contributed by atoms with E-state index in [4.69, 9.17) is 4.84 Å². The van der Waals surface area contributed by atoms with Crippen molar-refractivity contribution in [3.63, 3.8) is 0 Å². The van der Waals surface area contributed by atoms with Gasteiger partial charge in [-0.3, -0.25) is 4.98 Å². The van der Waals surface area contributed by atoms with E-state index in [2.05, 4.69) is 32.6 Å². The Morgan fingerprint density at radius 3 is 2.97 bits per heavy atom. The zero-order valence-corrected chi connectivity index (χ0v) is 17.0. The Hall–Kier alpha value is -2.52. The number of rotatable bonds is 8. The first-order chi connectivity index (χ1) is 14.0. The van der Waals surface area contributed by atoms with Crippen LogP contribution < -0.4 is 20.4 Å². The summed E-state index contributed by atoms with van der Waals surface area (Å²) in [5.41, 5.74) is 5.24. The van der Waals surface area contributed by atoms with E-state index >= 15 is 0 Å². The van der Waals surface area contributed by atoms with Crippen molar-refractivity contribution in [1.29, 1.82) is 0 Å². The van der Waals surface area contributed by atoms with E-state index in [-0.39, 0.29) is 10.9 Å². The quantitative estimate of drug-likeness (QED) is 0.491. The molecule has 2 heterocycles. The van der Waals surface area contributed by atoms with E-state index in [1.165, 1.54) is 5.56 Å². The lowest BCUT2D eigenvalue weighted by atomic mass is 10.1. The molecule has 0 aliphatic carbocycles. The average molecular weight is 413 g/mol. The van der Waals surface area contributed by atoms with Gasteiger partial charge >= 0.3 is 0 Å². The molecule has 3 N–H and O–H groups in total. The van der Waals surface area contributed by atoms with Crippen LogP contribution in [0.15, 0.2) is 59.8 Å². The molecule has 4 rings (SSSR count). The second kappa shape index (κ2) is 8.46. The lowest BCUT2D eigenvalue weighted by molar-refractivity contribution is 0.224. The first kappa shape index (κ1) is 19.8. The van der Waals surface area contributed by atoms with Gasteiger partial charge in [0.1, 0.15) is 0 Å². The molecule has 2 aromatic carbocycles. The van der Waals surface area contributed by atoms with E-state index < -0.39 is 10.0 Å². The second-order valence-corrected chi connectivity index (χ2v) is 8.94. The zero-order valence-electron chi connectivity index (χ0n) is 16.2. The molecule has 0 saturated carbocycles. The summed E-state index contributed by atoms with van der Waals surface area (Å²) in [5, 5.41) is 5.09. The molecule has 1 aliphatic heterocycles. The summed E-state index contributed by atoms with van der Waals surface area (Å²) in [7, 11) is -3.58. The smallest absolute Gasteiger partial charge is 0.240 e. The SMILES string of the molecule is C[C@H](CNCCc1ccc2c(c1)CNO2)NS(=O)(=O)c1ccc2cnccc2c1. The van der Waals surface area contributed by atoms with Gasteiger partial charge in [0.25, 0.3) is 0 Å². The van der Waals surface area contributed by atoms with Crippen LogP contribution in [0.1, 0.15) is 18.1 Å². The van der Waals surface area contributed by atoms with Crippen LogP contribution >= 0.6 is 0 Å². The minimum Gasteiger partial charge on any atom is -0.408 e. The molecule has 0 spiro atoms. The van der Waals surface area contributed by atoms with Crippen molar-refractivity contribution < 1.29 is 13.3 Å². The maximum Gasteiger partial charge on any atom is 0.240 e. The molecule has 0 amide bonds. The summed E-state index contributed by atoms with van der Waals surface area (Å²) < 4.78 is 28.1. The van der Waals surface area contributed by atoms with E-state index in [1.807, 2.05) is 13.0 Å². The zero-order chi connectivity index (χ0) is 20.3. The van der Waals surface area contributed by atoms with Gasteiger partial charge in [0.05, 0.1) is 11.4 Å². The van der Waals surface area contributed by atoms with E-state index in [0.29, 0.717) is 6.54 Å². The summed E-state index contributed by atoms with van der Waals surface area (Å²) >= 11 is 0. The monoisotopic (exact) mass is 412 g/mol. The standard InChI is InChI=1S/C21H24N4O3S/c1-15(12-22-8-6-16-2-5-21-19(10-16)14-24-28-21)25-29(26,27)20-4-3-18-13-23-9-7-17(18)11-20/h2-5,7,9-11,13,15,22,24-25H,6,8,12,14H2,1H3/t15-/m1/s1. The minimum atomic E-state index is -3.58. The number of hydroxylamine groups is 1. The lowest BCUT2D eigenvalue weighted by Crippen LogP contribution is -2.40. The van der Waals surface area contributed by atoms with Gasteiger partial charge in [-0.15, -0.1) is 0 Å². The van der Waals surface area contributed by atoms with Crippen molar-refractivity contribution in [3.05, 3.63) is 66.0 Å². The van der Waals surface area contributed by atoms with Crippen LogP contribution in [0.5, 0.6) is 5.75 Å². The molecule has 1 aliphatic rings. The predicted octanol–water partition coefficient (Wildman–Crippen LogP) is 2.13. The molecule has 3 aromatic rings. The third kappa shape index (κ3) is 4.73. The highest BCUT2D eigenvalue weighted by Gasteiger charge is 2.17. The molecule has 0 radical (unpaired) electrons. The molecule has 1 aromatic heterocycles. The minimum absolute atomic E-state index is 0.231. The number of sulfonamides is 1. The van der Waals surface area contributed by atoms with Gasteiger partial charge in [-0.25, -0.2) is 13.1 Å². The summed E-state index contributed by atoms with van der Waals surface area (Å²) in [6, 6.07) is 12.8. The molecule has 152 valence electrons. The summed E-state index contributed by atoms with van der Waals surface area (Å²) in [6.07, 6.45) is 4.24. The Morgan fingerprint density at radius 1 is 1.17 bits per heavy atom. The summed E-state index contributed by atoms with van der Waals surface area (Å²) in [5.74, 6) is 0.884. The van der Waals surface area contributed by atoms with Crippen molar-refractivity contribution >= 4 is 20.8 Å². The van der Waals surface area contributed by atoms with Crippen LogP contribution in [0.25, 0.3) is 10.8 Å². The first-order valence-electron chi connectivity index (χ1n) is 9.60. The fourth-order valence-corrected chi connectivity index (χ4v) is 4.65. The number of nitrogens with zero attached hydrogens (tertiary/aromatic N) is 1. The van der Waals surface area contributed by atoms with Crippen LogP contribution in [0.4, 0.5) is 0 Å². The van der Waals surface area contributed by atoms with Crippen molar-refractivity contribution in [2.45, 2.75) is 30.8 Å². The number of hydrogen-bond acceptors (Lipinski definition) is 6. The van der Waals surface area contributed by atoms with Crippen LogP contribution in [0.3, 0.4) is 0 Å². The third-order valence-corrected chi connectivity index (χ3v) is 6.48. The Balaban J connectivity index is 1.28. The van der Waals surface area contributed by atoms with Crippen LogP contribution in [0.2, 0.25) is 0 Å². The Morgan fingerprint density at radius 2 is 2.07 bits per heavy atom. The van der Waals surface area contributed by atoms with Gasteiger partial charge in [-0.2, -0.15) is 5.48 Å². The van der Waals surface area contributed by atoms with E-state index in [9.17, 15) is 8.42 Å². The van der Waals surface area contributed by atoms with Crippen molar-refractivity contribution in [2.75, 3.05) is 13.1 Å². The average Bonchev–Trinajstić information content (AvgIpc) is 3.18. The maximum atomic E-state index is 12.7. The number of hydrogen-bond donors (Lipinski definition) is 3. The van der Waals surface area contributed by atoms with Crippen molar-refractivity contribution in [2.24, 2.45) is 0 Å². The molecule has 1 atom stereocenters. The topological polar surface area (TPSA) is 92.4 Å². The number of nitrogens with one attached hydrogen (secondary N) is 3. The molecule has 0 bridgehead atoms. The highest BCUT2D eigenvalue weighted by Crippen LogP contribution is 2.23. The normalized spacial score (nSPS) is 14.5. The molecule has 7 nitrogen and oxygen atoms in total. The Bertz CT molecular complexity index is 1120. The molecule has 29 heavy (non-hydrogen) atoms. The van der Waals surface area contributed by atoms with Gasteiger partial charge in [-0.05, 0) is 55.1 Å². The molecule has 0 fully saturated rings. The first-order valence-corrected chi connectivity index (χ1v) is 11.1.